The lowest BCUT2D eigenvalue weighted by Crippen LogP contribution is -2.31. The molecule has 0 aliphatic carbocycles. The summed E-state index contributed by atoms with van der Waals surface area (Å²) in [6.07, 6.45) is 0.626. The van der Waals surface area contributed by atoms with Gasteiger partial charge in [-0.2, -0.15) is 0 Å². The average molecular weight is 516 g/mol. The van der Waals surface area contributed by atoms with Gasteiger partial charge in [-0.1, -0.05) is 22.0 Å². The maximum absolute atomic E-state index is 13.6. The molecule has 1 aliphatic rings. The van der Waals surface area contributed by atoms with E-state index in [1.807, 2.05) is 32.0 Å². The molecule has 0 fully saturated rings. The second-order valence-corrected chi connectivity index (χ2v) is 8.55. The molecule has 0 saturated heterocycles. The third-order valence-electron chi connectivity index (χ3n) is 5.56. The molecule has 0 bridgehead atoms. The summed E-state index contributed by atoms with van der Waals surface area (Å²) in [6.45, 7) is 5.67. The van der Waals surface area contributed by atoms with Crippen LogP contribution in [0.2, 0.25) is 0 Å². The third-order valence-corrected chi connectivity index (χ3v) is 6.05. The zero-order valence-electron chi connectivity index (χ0n) is 18.9. The standard InChI is InChI=1S/C25H26BrNO6/c1-4-31-19-9-7-15(13-20(19)32-5-2)22-21-23(28)17-14-16(26)8-10-18(17)33-24(21)25(29)27(22)11-6-12-30-3/h7-10,13-14,22H,4-6,11-12H2,1-3H3. The Morgan fingerprint density at radius 3 is 2.52 bits per heavy atom. The molecule has 0 saturated carbocycles. The van der Waals surface area contributed by atoms with Crippen molar-refractivity contribution in [1.82, 2.24) is 4.90 Å². The summed E-state index contributed by atoms with van der Waals surface area (Å²) in [5.74, 6) is 0.972. The molecule has 33 heavy (non-hydrogen) atoms. The summed E-state index contributed by atoms with van der Waals surface area (Å²) >= 11 is 3.42. The SMILES string of the molecule is CCOc1ccc(C2c3c(oc4ccc(Br)cc4c3=O)C(=O)N2CCCOC)cc1OCC. The Kier molecular flexibility index (Phi) is 7.05. The Morgan fingerprint density at radius 1 is 1.03 bits per heavy atom. The van der Waals surface area contributed by atoms with Gasteiger partial charge in [-0.05, 0) is 56.2 Å². The van der Waals surface area contributed by atoms with Crippen molar-refractivity contribution in [1.29, 1.82) is 0 Å². The molecule has 3 aromatic rings. The van der Waals surface area contributed by atoms with Gasteiger partial charge >= 0.3 is 0 Å². The van der Waals surface area contributed by atoms with Gasteiger partial charge in [0, 0.05) is 24.7 Å². The Bertz CT molecular complexity index is 1240. The van der Waals surface area contributed by atoms with Gasteiger partial charge in [0.1, 0.15) is 5.58 Å². The number of carbonyl (C=O) groups excluding carboxylic acids is 1. The molecule has 1 atom stereocenters. The molecule has 7 nitrogen and oxygen atoms in total. The summed E-state index contributed by atoms with van der Waals surface area (Å²) in [7, 11) is 1.62. The van der Waals surface area contributed by atoms with Crippen molar-refractivity contribution in [3.05, 3.63) is 68.0 Å². The quantitative estimate of drug-likeness (QED) is 0.375. The summed E-state index contributed by atoms with van der Waals surface area (Å²) in [5, 5.41) is 0.427. The van der Waals surface area contributed by atoms with Crippen molar-refractivity contribution in [2.45, 2.75) is 26.3 Å². The number of carbonyl (C=O) groups is 1. The van der Waals surface area contributed by atoms with E-state index in [0.717, 1.165) is 10.0 Å². The van der Waals surface area contributed by atoms with E-state index in [9.17, 15) is 9.59 Å². The highest BCUT2D eigenvalue weighted by Crippen LogP contribution is 2.41. The fourth-order valence-corrected chi connectivity index (χ4v) is 4.55. The van der Waals surface area contributed by atoms with Crippen molar-refractivity contribution in [3.8, 4) is 11.5 Å². The van der Waals surface area contributed by atoms with E-state index in [2.05, 4.69) is 15.9 Å². The number of hydrogen-bond donors (Lipinski definition) is 0. The van der Waals surface area contributed by atoms with Crippen LogP contribution >= 0.6 is 15.9 Å². The van der Waals surface area contributed by atoms with Gasteiger partial charge in [-0.15, -0.1) is 0 Å². The number of nitrogens with zero attached hydrogens (tertiary/aromatic N) is 1. The first-order valence-corrected chi connectivity index (χ1v) is 11.7. The summed E-state index contributed by atoms with van der Waals surface area (Å²) in [4.78, 5) is 28.7. The van der Waals surface area contributed by atoms with E-state index in [4.69, 9.17) is 18.6 Å². The molecule has 8 heteroatoms. The largest absolute Gasteiger partial charge is 0.490 e. The molecule has 0 spiro atoms. The Labute approximate surface area is 200 Å². The molecule has 174 valence electrons. The van der Waals surface area contributed by atoms with Gasteiger partial charge in [-0.25, -0.2) is 0 Å². The number of benzene rings is 2. The number of rotatable bonds is 9. The zero-order chi connectivity index (χ0) is 23.5. The fourth-order valence-electron chi connectivity index (χ4n) is 4.19. The van der Waals surface area contributed by atoms with E-state index in [1.54, 1.807) is 30.2 Å². The van der Waals surface area contributed by atoms with Crippen molar-refractivity contribution < 1.29 is 23.4 Å². The summed E-state index contributed by atoms with van der Waals surface area (Å²) < 4.78 is 23.4. The molecule has 0 N–H and O–H groups in total. The van der Waals surface area contributed by atoms with Gasteiger partial charge in [-0.3, -0.25) is 9.59 Å². The highest BCUT2D eigenvalue weighted by Gasteiger charge is 2.42. The zero-order valence-corrected chi connectivity index (χ0v) is 20.4. The Hall–Kier alpha value is -2.84. The first kappa shape index (κ1) is 23.3. The van der Waals surface area contributed by atoms with Gasteiger partial charge < -0.3 is 23.5 Å². The third kappa shape index (κ3) is 4.37. The molecule has 4 rings (SSSR count). The number of hydrogen-bond acceptors (Lipinski definition) is 6. The summed E-state index contributed by atoms with van der Waals surface area (Å²) in [5.41, 5.74) is 1.27. The van der Waals surface area contributed by atoms with Gasteiger partial charge in [0.05, 0.1) is 30.2 Å². The molecule has 1 unspecified atom stereocenters. The van der Waals surface area contributed by atoms with Crippen molar-refractivity contribution in [2.75, 3.05) is 33.5 Å². The first-order chi connectivity index (χ1) is 16.0. The van der Waals surface area contributed by atoms with Crippen molar-refractivity contribution in [2.24, 2.45) is 0 Å². The second-order valence-electron chi connectivity index (χ2n) is 7.63. The maximum Gasteiger partial charge on any atom is 0.290 e. The van der Waals surface area contributed by atoms with E-state index in [1.165, 1.54) is 0 Å². The van der Waals surface area contributed by atoms with Crippen LogP contribution in [0, 0.1) is 0 Å². The second kappa shape index (κ2) is 9.97. The average Bonchev–Trinajstić information content (AvgIpc) is 3.08. The molecule has 2 heterocycles. The number of amides is 1. The lowest BCUT2D eigenvalue weighted by Gasteiger charge is -2.25. The van der Waals surface area contributed by atoms with Gasteiger partial charge in [0.25, 0.3) is 5.91 Å². The van der Waals surface area contributed by atoms with Crippen LogP contribution in [0.4, 0.5) is 0 Å². The smallest absolute Gasteiger partial charge is 0.290 e. The number of ether oxygens (including phenoxy) is 3. The molecule has 0 radical (unpaired) electrons. The highest BCUT2D eigenvalue weighted by atomic mass is 79.9. The Morgan fingerprint density at radius 2 is 1.79 bits per heavy atom. The summed E-state index contributed by atoms with van der Waals surface area (Å²) in [6, 6.07) is 10.1. The first-order valence-electron chi connectivity index (χ1n) is 11.0. The number of methoxy groups -OCH3 is 1. The maximum atomic E-state index is 13.6. The minimum atomic E-state index is -0.598. The predicted molar refractivity (Wildman–Crippen MR) is 128 cm³/mol. The lowest BCUT2D eigenvalue weighted by molar-refractivity contribution is 0.0707. The van der Waals surface area contributed by atoms with Crippen LogP contribution in [0.25, 0.3) is 11.0 Å². The molecular weight excluding hydrogens is 490 g/mol. The van der Waals surface area contributed by atoms with Crippen LogP contribution in [-0.2, 0) is 4.74 Å². The van der Waals surface area contributed by atoms with Gasteiger partial charge in [0.2, 0.25) is 5.76 Å². The normalized spacial score (nSPS) is 15.2. The monoisotopic (exact) mass is 515 g/mol. The van der Waals surface area contributed by atoms with Crippen LogP contribution in [0.1, 0.15) is 48.0 Å². The van der Waals surface area contributed by atoms with E-state index < -0.39 is 6.04 Å². The minimum absolute atomic E-state index is 0.0871. The van der Waals surface area contributed by atoms with E-state index >= 15 is 0 Å². The lowest BCUT2D eigenvalue weighted by atomic mass is 9.98. The van der Waals surface area contributed by atoms with Crippen LogP contribution in [0.15, 0.2) is 50.1 Å². The van der Waals surface area contributed by atoms with Crippen LogP contribution in [0.3, 0.4) is 0 Å². The van der Waals surface area contributed by atoms with Crippen molar-refractivity contribution in [3.63, 3.8) is 0 Å². The number of halogens is 1. The van der Waals surface area contributed by atoms with E-state index in [0.29, 0.717) is 60.8 Å². The number of fused-ring (bicyclic) bond motifs is 2. The minimum Gasteiger partial charge on any atom is -0.490 e. The molecule has 1 aromatic heterocycles. The van der Waals surface area contributed by atoms with Crippen LogP contribution < -0.4 is 14.9 Å². The molecule has 1 aliphatic heterocycles. The van der Waals surface area contributed by atoms with Gasteiger partial charge in [0.15, 0.2) is 16.9 Å². The molecular formula is C25H26BrNO6. The Balaban J connectivity index is 1.90. The van der Waals surface area contributed by atoms with E-state index in [-0.39, 0.29) is 17.1 Å². The highest BCUT2D eigenvalue weighted by molar-refractivity contribution is 9.10. The fraction of sp³-hybridized carbons (Fsp3) is 0.360. The predicted octanol–water partition coefficient (Wildman–Crippen LogP) is 4.93. The molecule has 2 aromatic carbocycles. The van der Waals surface area contributed by atoms with Crippen molar-refractivity contribution >= 4 is 32.8 Å². The molecule has 1 amide bonds. The topological polar surface area (TPSA) is 78.2 Å². The van der Waals surface area contributed by atoms with Crippen LogP contribution in [0.5, 0.6) is 11.5 Å². The van der Waals surface area contributed by atoms with Crippen LogP contribution in [-0.4, -0.2) is 44.3 Å².